The van der Waals surface area contributed by atoms with E-state index in [9.17, 15) is 4.79 Å². The summed E-state index contributed by atoms with van der Waals surface area (Å²) in [4.78, 5) is 18.2. The fourth-order valence-corrected chi connectivity index (χ4v) is 1.35. The highest BCUT2D eigenvalue weighted by Crippen LogP contribution is 2.05. The summed E-state index contributed by atoms with van der Waals surface area (Å²) < 4.78 is 4.94. The Bertz CT molecular complexity index is 502. The highest BCUT2D eigenvalue weighted by molar-refractivity contribution is 5.34. The predicted octanol–water partition coefficient (Wildman–Crippen LogP) is 1.54. The van der Waals surface area contributed by atoms with Gasteiger partial charge in [0.25, 0.3) is 5.56 Å². The van der Waals surface area contributed by atoms with Crippen molar-refractivity contribution in [2.24, 2.45) is 0 Å². The van der Waals surface area contributed by atoms with E-state index in [2.05, 4.69) is 15.3 Å². The minimum atomic E-state index is -0.137. The summed E-state index contributed by atoms with van der Waals surface area (Å²) in [5.74, 6) is 1.27. The van der Waals surface area contributed by atoms with Gasteiger partial charge in [-0.05, 0) is 6.07 Å². The second-order valence-electron chi connectivity index (χ2n) is 3.42. The van der Waals surface area contributed by atoms with Gasteiger partial charge >= 0.3 is 0 Å². The Morgan fingerprint density at radius 2 is 2.44 bits per heavy atom. The third-order valence-corrected chi connectivity index (χ3v) is 2.18. The Balaban J connectivity index is 2.09. The average molecular weight is 219 g/mol. The van der Waals surface area contributed by atoms with E-state index >= 15 is 0 Å². The molecule has 2 N–H and O–H groups in total. The molecule has 0 radical (unpaired) electrons. The Morgan fingerprint density at radius 1 is 1.56 bits per heavy atom. The predicted molar refractivity (Wildman–Crippen MR) is 60.3 cm³/mol. The molecule has 2 rings (SSSR count). The van der Waals surface area contributed by atoms with E-state index in [0.717, 1.165) is 5.56 Å². The molecular formula is C11H13N3O2. The van der Waals surface area contributed by atoms with Gasteiger partial charge in [-0.2, -0.15) is 0 Å². The first-order valence-electron chi connectivity index (χ1n) is 5.13. The zero-order chi connectivity index (χ0) is 11.4. The van der Waals surface area contributed by atoms with Gasteiger partial charge in [0.1, 0.15) is 11.6 Å². The molecule has 0 aromatic carbocycles. The highest BCUT2D eigenvalue weighted by atomic mass is 16.3. The first-order chi connectivity index (χ1) is 7.78. The van der Waals surface area contributed by atoms with Crippen LogP contribution in [0.1, 0.15) is 18.3 Å². The Labute approximate surface area is 92.5 Å². The molecule has 2 aromatic rings. The van der Waals surface area contributed by atoms with E-state index in [0.29, 0.717) is 24.6 Å². The molecule has 0 aliphatic heterocycles. The molecule has 0 unspecified atom stereocenters. The number of nitrogens with one attached hydrogen (secondary N) is 2. The van der Waals surface area contributed by atoms with E-state index in [1.807, 2.05) is 13.0 Å². The molecule has 5 nitrogen and oxygen atoms in total. The monoisotopic (exact) mass is 219 g/mol. The van der Waals surface area contributed by atoms with Crippen LogP contribution in [0.25, 0.3) is 0 Å². The van der Waals surface area contributed by atoms with Gasteiger partial charge in [0.15, 0.2) is 0 Å². The summed E-state index contributed by atoms with van der Waals surface area (Å²) in [6, 6.07) is 3.31. The van der Waals surface area contributed by atoms with E-state index in [1.54, 1.807) is 12.5 Å². The minimum Gasteiger partial charge on any atom is -0.472 e. The van der Waals surface area contributed by atoms with Crippen LogP contribution in [0.15, 0.2) is 33.9 Å². The quantitative estimate of drug-likeness (QED) is 0.818. The van der Waals surface area contributed by atoms with Crippen LogP contribution >= 0.6 is 0 Å². The summed E-state index contributed by atoms with van der Waals surface area (Å²) in [7, 11) is 0. The molecule has 0 fully saturated rings. The molecule has 84 valence electrons. The second kappa shape index (κ2) is 4.65. The molecule has 0 bridgehead atoms. The van der Waals surface area contributed by atoms with E-state index in [-0.39, 0.29) is 5.56 Å². The zero-order valence-corrected chi connectivity index (χ0v) is 8.99. The fraction of sp³-hybridized carbons (Fsp3) is 0.273. The number of rotatable bonds is 4. The van der Waals surface area contributed by atoms with Crippen LogP contribution in [-0.2, 0) is 13.0 Å². The number of furan rings is 1. The van der Waals surface area contributed by atoms with Gasteiger partial charge in [0.05, 0.1) is 12.5 Å². The SMILES string of the molecule is CCc1nc(NCc2ccoc2)cc(=O)[nH]1. The molecule has 0 aliphatic rings. The van der Waals surface area contributed by atoms with Crippen LogP contribution in [0.3, 0.4) is 0 Å². The van der Waals surface area contributed by atoms with Gasteiger partial charge in [-0.15, -0.1) is 0 Å². The van der Waals surface area contributed by atoms with Gasteiger partial charge in [0, 0.05) is 24.6 Å². The van der Waals surface area contributed by atoms with E-state index in [4.69, 9.17) is 4.42 Å². The molecule has 0 aliphatic carbocycles. The number of anilines is 1. The van der Waals surface area contributed by atoms with Crippen molar-refractivity contribution < 1.29 is 4.42 Å². The van der Waals surface area contributed by atoms with Crippen LogP contribution in [0.5, 0.6) is 0 Å². The topological polar surface area (TPSA) is 70.9 Å². The van der Waals surface area contributed by atoms with Gasteiger partial charge < -0.3 is 14.7 Å². The number of nitrogens with zero attached hydrogens (tertiary/aromatic N) is 1. The second-order valence-corrected chi connectivity index (χ2v) is 3.42. The minimum absolute atomic E-state index is 0.137. The van der Waals surface area contributed by atoms with Gasteiger partial charge in [-0.1, -0.05) is 6.92 Å². The molecular weight excluding hydrogens is 206 g/mol. The summed E-state index contributed by atoms with van der Waals surface area (Å²) in [6.07, 6.45) is 3.97. The Morgan fingerprint density at radius 3 is 3.12 bits per heavy atom. The first kappa shape index (κ1) is 10.5. The average Bonchev–Trinajstić information content (AvgIpc) is 2.78. The number of aromatic nitrogens is 2. The molecule has 0 saturated carbocycles. The lowest BCUT2D eigenvalue weighted by Crippen LogP contribution is -2.13. The third-order valence-electron chi connectivity index (χ3n) is 2.18. The number of aromatic amines is 1. The largest absolute Gasteiger partial charge is 0.472 e. The molecule has 0 atom stereocenters. The van der Waals surface area contributed by atoms with Crippen molar-refractivity contribution in [3.63, 3.8) is 0 Å². The van der Waals surface area contributed by atoms with Gasteiger partial charge in [-0.25, -0.2) is 4.98 Å². The standard InChI is InChI=1S/C11H13N3O2/c1-2-9-13-10(5-11(15)14-9)12-6-8-3-4-16-7-8/h3-5,7H,2,6H2,1H3,(H2,12,13,14,15). The van der Waals surface area contributed by atoms with Crippen molar-refractivity contribution in [1.29, 1.82) is 0 Å². The summed E-state index contributed by atoms with van der Waals surface area (Å²) in [6.45, 7) is 2.54. The molecule has 16 heavy (non-hydrogen) atoms. The maximum Gasteiger partial charge on any atom is 0.252 e. The third kappa shape index (κ3) is 2.50. The zero-order valence-electron chi connectivity index (χ0n) is 8.99. The van der Waals surface area contributed by atoms with E-state index in [1.165, 1.54) is 6.07 Å². The summed E-state index contributed by atoms with van der Waals surface area (Å²) >= 11 is 0. The first-order valence-corrected chi connectivity index (χ1v) is 5.13. The summed E-state index contributed by atoms with van der Waals surface area (Å²) in [5.41, 5.74) is 0.877. The maximum atomic E-state index is 11.3. The van der Waals surface area contributed by atoms with Crippen molar-refractivity contribution >= 4 is 5.82 Å². The lowest BCUT2D eigenvalue weighted by atomic mass is 10.3. The smallest absolute Gasteiger partial charge is 0.252 e. The molecule has 0 spiro atoms. The molecule has 2 heterocycles. The highest BCUT2D eigenvalue weighted by Gasteiger charge is 2.00. The van der Waals surface area contributed by atoms with Crippen molar-refractivity contribution in [3.05, 3.63) is 46.4 Å². The maximum absolute atomic E-state index is 11.3. The van der Waals surface area contributed by atoms with Crippen LogP contribution < -0.4 is 10.9 Å². The number of hydrogen-bond donors (Lipinski definition) is 2. The van der Waals surface area contributed by atoms with Crippen molar-refractivity contribution in [2.45, 2.75) is 19.9 Å². The number of hydrogen-bond acceptors (Lipinski definition) is 4. The van der Waals surface area contributed by atoms with Crippen LogP contribution in [0, 0.1) is 0 Å². The fourth-order valence-electron chi connectivity index (χ4n) is 1.35. The van der Waals surface area contributed by atoms with Crippen LogP contribution in [-0.4, -0.2) is 9.97 Å². The normalized spacial score (nSPS) is 10.3. The number of aryl methyl sites for hydroxylation is 1. The molecule has 2 aromatic heterocycles. The molecule has 5 heteroatoms. The van der Waals surface area contributed by atoms with Crippen LogP contribution in [0.2, 0.25) is 0 Å². The molecule has 0 saturated heterocycles. The molecule has 0 amide bonds. The van der Waals surface area contributed by atoms with Crippen LogP contribution in [0.4, 0.5) is 5.82 Å². The Kier molecular flexibility index (Phi) is 3.05. The van der Waals surface area contributed by atoms with Gasteiger partial charge in [-0.3, -0.25) is 4.79 Å². The van der Waals surface area contributed by atoms with Crippen molar-refractivity contribution in [3.8, 4) is 0 Å². The van der Waals surface area contributed by atoms with Crippen molar-refractivity contribution in [2.75, 3.05) is 5.32 Å². The Hall–Kier alpha value is -2.04. The van der Waals surface area contributed by atoms with Gasteiger partial charge in [0.2, 0.25) is 0 Å². The number of H-pyrrole nitrogens is 1. The van der Waals surface area contributed by atoms with E-state index < -0.39 is 0 Å². The lowest BCUT2D eigenvalue weighted by molar-refractivity contribution is 0.564. The lowest BCUT2D eigenvalue weighted by Gasteiger charge is -2.04. The van der Waals surface area contributed by atoms with Crippen molar-refractivity contribution in [1.82, 2.24) is 9.97 Å². The summed E-state index contributed by atoms with van der Waals surface area (Å²) in [5, 5.41) is 3.07.